The number of fused-ring (bicyclic) bond motifs is 1. The lowest BCUT2D eigenvalue weighted by molar-refractivity contribution is -0.0167. The Kier molecular flexibility index (Phi) is 7.93. The molecule has 0 radical (unpaired) electrons. The number of imidazole rings is 1. The number of aromatic nitrogens is 3. The van der Waals surface area contributed by atoms with Crippen LogP contribution >= 0.6 is 22.9 Å². The summed E-state index contributed by atoms with van der Waals surface area (Å²) in [5, 5.41) is 4.20. The van der Waals surface area contributed by atoms with Gasteiger partial charge in [-0.1, -0.05) is 35.9 Å². The number of nitrogens with one attached hydrogen (secondary N) is 2. The summed E-state index contributed by atoms with van der Waals surface area (Å²) in [5.41, 5.74) is 2.02. The minimum absolute atomic E-state index is 0.0186. The van der Waals surface area contributed by atoms with Crippen molar-refractivity contribution in [2.24, 2.45) is 0 Å². The molecule has 4 rings (SSSR count). The van der Waals surface area contributed by atoms with Gasteiger partial charge in [0.2, 0.25) is 0 Å². The van der Waals surface area contributed by atoms with Gasteiger partial charge in [0.15, 0.2) is 16.1 Å². The van der Waals surface area contributed by atoms with Crippen LogP contribution in [0.5, 0.6) is 0 Å². The summed E-state index contributed by atoms with van der Waals surface area (Å²) in [5.74, 6) is -0.447. The Morgan fingerprint density at radius 1 is 1.31 bits per heavy atom. The number of halogens is 1. The molecule has 1 fully saturated rings. The SMILES string of the molecule is CCOC(=O)c1cccc2nc(N3CC[C@@H](NC(=O)c4nc(Cl)c(CC)[nH]4)[C@@H](OC(C)C)C3)sc12. The van der Waals surface area contributed by atoms with Gasteiger partial charge in [0, 0.05) is 13.1 Å². The van der Waals surface area contributed by atoms with E-state index in [2.05, 4.69) is 20.2 Å². The smallest absolute Gasteiger partial charge is 0.339 e. The first-order chi connectivity index (χ1) is 16.8. The molecule has 2 aromatic heterocycles. The molecule has 1 aliphatic rings. The zero-order chi connectivity index (χ0) is 25.1. The molecule has 9 nitrogen and oxygen atoms in total. The average molecular weight is 520 g/mol. The standard InChI is InChI=1S/C24H30ClN5O4S/c1-5-15-20(25)29-21(26-15)22(31)27-16-10-11-30(12-18(16)34-13(3)4)24-28-17-9-7-8-14(19(17)35-24)23(32)33-6-2/h7-9,13,16,18H,5-6,10-12H2,1-4H3,(H,26,29)(H,27,31)/t16-,18+/m1/s1. The van der Waals surface area contributed by atoms with Crippen LogP contribution in [0, 0.1) is 0 Å². The third-order valence-electron chi connectivity index (χ3n) is 5.79. The van der Waals surface area contributed by atoms with E-state index in [1.54, 1.807) is 13.0 Å². The molecular weight excluding hydrogens is 490 g/mol. The second-order valence-electron chi connectivity index (χ2n) is 8.62. The van der Waals surface area contributed by atoms with Crippen LogP contribution in [0.1, 0.15) is 60.8 Å². The summed E-state index contributed by atoms with van der Waals surface area (Å²) >= 11 is 7.58. The molecule has 11 heteroatoms. The minimum atomic E-state index is -0.347. The van der Waals surface area contributed by atoms with Gasteiger partial charge in [-0.2, -0.15) is 0 Å². The summed E-state index contributed by atoms with van der Waals surface area (Å²) in [6.45, 7) is 9.23. The molecule has 3 heterocycles. The Morgan fingerprint density at radius 3 is 2.80 bits per heavy atom. The number of nitrogens with zero attached hydrogens (tertiary/aromatic N) is 3. The number of piperidine rings is 1. The molecule has 2 atom stereocenters. The van der Waals surface area contributed by atoms with Gasteiger partial charge in [0.05, 0.1) is 46.3 Å². The van der Waals surface area contributed by atoms with Crippen LogP contribution in [0.3, 0.4) is 0 Å². The number of thiazole rings is 1. The average Bonchev–Trinajstić information content (AvgIpc) is 3.43. The molecule has 0 aliphatic carbocycles. The highest BCUT2D eigenvalue weighted by Crippen LogP contribution is 2.33. The summed E-state index contributed by atoms with van der Waals surface area (Å²) in [6, 6.07) is 5.28. The highest BCUT2D eigenvalue weighted by Gasteiger charge is 2.34. The number of carbonyl (C=O) groups is 2. The number of hydrogen-bond acceptors (Lipinski definition) is 8. The Morgan fingerprint density at radius 2 is 2.11 bits per heavy atom. The molecule has 1 amide bonds. The number of aromatic amines is 1. The number of anilines is 1. The van der Waals surface area contributed by atoms with Crippen molar-refractivity contribution in [2.45, 2.75) is 58.8 Å². The number of rotatable bonds is 8. The number of aryl methyl sites for hydroxylation is 1. The lowest BCUT2D eigenvalue weighted by atomic mass is 10.0. The normalized spacial score (nSPS) is 18.3. The molecule has 0 saturated carbocycles. The van der Waals surface area contributed by atoms with E-state index in [1.807, 2.05) is 32.9 Å². The van der Waals surface area contributed by atoms with Crippen LogP contribution in [-0.2, 0) is 15.9 Å². The number of ether oxygens (including phenoxy) is 2. The minimum Gasteiger partial charge on any atom is -0.462 e. The van der Waals surface area contributed by atoms with E-state index in [9.17, 15) is 9.59 Å². The molecule has 35 heavy (non-hydrogen) atoms. The van der Waals surface area contributed by atoms with Gasteiger partial charge < -0.3 is 24.7 Å². The molecule has 3 aromatic rings. The molecule has 1 saturated heterocycles. The molecule has 1 aliphatic heterocycles. The van der Waals surface area contributed by atoms with E-state index in [0.29, 0.717) is 43.3 Å². The van der Waals surface area contributed by atoms with E-state index < -0.39 is 0 Å². The van der Waals surface area contributed by atoms with Crippen LogP contribution in [0.2, 0.25) is 5.15 Å². The fourth-order valence-corrected chi connectivity index (χ4v) is 5.52. The summed E-state index contributed by atoms with van der Waals surface area (Å²) in [6.07, 6.45) is 1.06. The maximum atomic E-state index is 12.9. The number of H-pyrrole nitrogens is 1. The zero-order valence-corrected chi connectivity index (χ0v) is 21.8. The molecule has 188 valence electrons. The van der Waals surface area contributed by atoms with Gasteiger partial charge >= 0.3 is 5.97 Å². The Bertz CT molecular complexity index is 1210. The van der Waals surface area contributed by atoms with Crippen molar-refractivity contribution >= 4 is 50.2 Å². The van der Waals surface area contributed by atoms with Crippen LogP contribution in [0.15, 0.2) is 18.2 Å². The highest BCUT2D eigenvalue weighted by molar-refractivity contribution is 7.22. The van der Waals surface area contributed by atoms with Crippen molar-refractivity contribution in [1.82, 2.24) is 20.3 Å². The first kappa shape index (κ1) is 25.4. The molecule has 0 spiro atoms. The summed E-state index contributed by atoms with van der Waals surface area (Å²) in [4.78, 5) is 39.3. The van der Waals surface area contributed by atoms with Gasteiger partial charge in [0.1, 0.15) is 0 Å². The van der Waals surface area contributed by atoms with Crippen molar-refractivity contribution in [1.29, 1.82) is 0 Å². The van der Waals surface area contributed by atoms with Gasteiger partial charge in [0.25, 0.3) is 5.91 Å². The largest absolute Gasteiger partial charge is 0.462 e. The molecular formula is C24H30ClN5O4S. The van der Waals surface area contributed by atoms with E-state index in [1.165, 1.54) is 11.3 Å². The van der Waals surface area contributed by atoms with Crippen molar-refractivity contribution < 1.29 is 19.1 Å². The Hall–Kier alpha value is -2.69. The van der Waals surface area contributed by atoms with Crippen LogP contribution in [0.25, 0.3) is 10.2 Å². The lowest BCUT2D eigenvalue weighted by Crippen LogP contribution is -2.56. The quantitative estimate of drug-likeness (QED) is 0.429. The summed E-state index contributed by atoms with van der Waals surface area (Å²) in [7, 11) is 0. The van der Waals surface area contributed by atoms with E-state index >= 15 is 0 Å². The first-order valence-corrected chi connectivity index (χ1v) is 13.0. The monoisotopic (exact) mass is 519 g/mol. The summed E-state index contributed by atoms with van der Waals surface area (Å²) < 4.78 is 12.2. The molecule has 0 unspecified atom stereocenters. The van der Waals surface area contributed by atoms with E-state index in [0.717, 1.165) is 21.0 Å². The van der Waals surface area contributed by atoms with Crippen molar-refractivity contribution in [3.8, 4) is 0 Å². The second kappa shape index (κ2) is 10.9. The van der Waals surface area contributed by atoms with Gasteiger partial charge in [-0.25, -0.2) is 14.8 Å². The van der Waals surface area contributed by atoms with E-state index in [4.69, 9.17) is 26.1 Å². The maximum absolute atomic E-state index is 12.9. The maximum Gasteiger partial charge on any atom is 0.339 e. The molecule has 0 bridgehead atoms. The van der Waals surface area contributed by atoms with Gasteiger partial charge in [-0.3, -0.25) is 4.79 Å². The van der Waals surface area contributed by atoms with Gasteiger partial charge in [-0.15, -0.1) is 0 Å². The van der Waals surface area contributed by atoms with Crippen LogP contribution in [0.4, 0.5) is 5.13 Å². The third kappa shape index (κ3) is 5.60. The van der Waals surface area contributed by atoms with Crippen LogP contribution < -0.4 is 10.2 Å². The van der Waals surface area contributed by atoms with Crippen molar-refractivity contribution in [3.63, 3.8) is 0 Å². The fraction of sp³-hybridized carbons (Fsp3) is 0.500. The number of hydrogen-bond donors (Lipinski definition) is 2. The lowest BCUT2D eigenvalue weighted by Gasteiger charge is -2.39. The second-order valence-corrected chi connectivity index (χ2v) is 9.95. The van der Waals surface area contributed by atoms with E-state index in [-0.39, 0.29) is 36.0 Å². The highest BCUT2D eigenvalue weighted by atomic mass is 35.5. The first-order valence-electron chi connectivity index (χ1n) is 11.8. The Balaban J connectivity index is 1.52. The van der Waals surface area contributed by atoms with Crippen molar-refractivity contribution in [2.75, 3.05) is 24.6 Å². The predicted octanol–water partition coefficient (Wildman–Crippen LogP) is 4.21. The number of amides is 1. The number of carbonyl (C=O) groups excluding carboxylic acids is 2. The predicted molar refractivity (Wildman–Crippen MR) is 137 cm³/mol. The Labute approximate surface area is 213 Å². The van der Waals surface area contributed by atoms with Crippen LogP contribution in [-0.4, -0.2) is 64.8 Å². The molecule has 2 N–H and O–H groups in total. The number of esters is 1. The van der Waals surface area contributed by atoms with Crippen molar-refractivity contribution in [3.05, 3.63) is 40.4 Å². The number of benzene rings is 1. The zero-order valence-electron chi connectivity index (χ0n) is 20.3. The fourth-order valence-electron chi connectivity index (χ4n) is 4.15. The topological polar surface area (TPSA) is 109 Å². The third-order valence-corrected chi connectivity index (χ3v) is 7.27. The van der Waals surface area contributed by atoms with Gasteiger partial charge in [-0.05, 0) is 45.7 Å². The molecule has 1 aromatic carbocycles.